The van der Waals surface area contributed by atoms with Crippen molar-refractivity contribution < 1.29 is 27.4 Å². The van der Waals surface area contributed by atoms with E-state index in [-0.39, 0.29) is 18.6 Å². The maximum atomic E-state index is 13.1. The highest BCUT2D eigenvalue weighted by atomic mass is 19.4. The van der Waals surface area contributed by atoms with Crippen LogP contribution < -0.4 is 14.8 Å². The molecule has 160 valence electrons. The molecule has 4 rings (SSSR count). The first-order chi connectivity index (χ1) is 14.8. The Morgan fingerprint density at radius 3 is 2.55 bits per heavy atom. The fraction of sp³-hybridized carbons (Fsp3) is 0.227. The molecule has 31 heavy (non-hydrogen) atoms. The number of halogens is 3. The van der Waals surface area contributed by atoms with Gasteiger partial charge in [0, 0.05) is 24.9 Å². The standard InChI is InChI=1S/C22H18F3N3O3/c1-30-18-9-4-14(13-27-18)20(29)28-21(10-12-31-17-3-2-11-26-19(17)21)15-5-7-16(8-6-15)22(23,24)25/h2-9,11,13H,10,12H2,1H3,(H,28,29)/t21-/m0/s1. The van der Waals surface area contributed by atoms with E-state index in [9.17, 15) is 18.0 Å². The fourth-order valence-corrected chi connectivity index (χ4v) is 3.58. The van der Waals surface area contributed by atoms with E-state index < -0.39 is 23.2 Å². The van der Waals surface area contributed by atoms with Gasteiger partial charge >= 0.3 is 6.18 Å². The average Bonchev–Trinajstić information content (AvgIpc) is 2.79. The highest BCUT2D eigenvalue weighted by molar-refractivity contribution is 5.95. The minimum absolute atomic E-state index is 0.251. The first-order valence-corrected chi connectivity index (χ1v) is 9.42. The van der Waals surface area contributed by atoms with Gasteiger partial charge in [-0.15, -0.1) is 0 Å². The van der Waals surface area contributed by atoms with Crippen LogP contribution in [-0.2, 0) is 11.7 Å². The molecular weight excluding hydrogens is 411 g/mol. The lowest BCUT2D eigenvalue weighted by atomic mass is 9.81. The van der Waals surface area contributed by atoms with E-state index in [1.54, 1.807) is 30.5 Å². The van der Waals surface area contributed by atoms with Crippen molar-refractivity contribution in [2.45, 2.75) is 18.1 Å². The minimum Gasteiger partial charge on any atom is -0.491 e. The molecule has 3 heterocycles. The predicted molar refractivity (Wildman–Crippen MR) is 105 cm³/mol. The molecule has 1 amide bonds. The van der Waals surface area contributed by atoms with Gasteiger partial charge in [-0.05, 0) is 35.9 Å². The number of hydrogen-bond donors (Lipinski definition) is 1. The number of rotatable bonds is 4. The van der Waals surface area contributed by atoms with Crippen molar-refractivity contribution in [2.75, 3.05) is 13.7 Å². The van der Waals surface area contributed by atoms with Crippen LogP contribution in [0.4, 0.5) is 13.2 Å². The molecule has 1 atom stereocenters. The molecule has 0 saturated heterocycles. The second-order valence-electron chi connectivity index (χ2n) is 6.97. The lowest BCUT2D eigenvalue weighted by molar-refractivity contribution is -0.137. The number of carbonyl (C=O) groups excluding carboxylic acids is 1. The van der Waals surface area contributed by atoms with Crippen molar-refractivity contribution in [1.82, 2.24) is 15.3 Å². The quantitative estimate of drug-likeness (QED) is 0.680. The normalized spacial score (nSPS) is 17.9. The highest BCUT2D eigenvalue weighted by Crippen LogP contribution is 2.41. The van der Waals surface area contributed by atoms with Gasteiger partial charge in [0.25, 0.3) is 5.91 Å². The largest absolute Gasteiger partial charge is 0.491 e. The molecule has 1 aliphatic rings. The van der Waals surface area contributed by atoms with Gasteiger partial charge in [0.2, 0.25) is 5.88 Å². The summed E-state index contributed by atoms with van der Waals surface area (Å²) in [5.41, 5.74) is -0.772. The Morgan fingerprint density at radius 2 is 1.90 bits per heavy atom. The van der Waals surface area contributed by atoms with Crippen LogP contribution >= 0.6 is 0 Å². The Hall–Kier alpha value is -3.62. The second-order valence-corrected chi connectivity index (χ2v) is 6.97. The first kappa shape index (κ1) is 20.6. The van der Waals surface area contributed by atoms with Crippen LogP contribution in [0.5, 0.6) is 11.6 Å². The van der Waals surface area contributed by atoms with Gasteiger partial charge in [0.05, 0.1) is 24.8 Å². The lowest BCUT2D eigenvalue weighted by Crippen LogP contribution is -2.50. The van der Waals surface area contributed by atoms with E-state index in [4.69, 9.17) is 9.47 Å². The van der Waals surface area contributed by atoms with Crippen LogP contribution in [0.15, 0.2) is 60.9 Å². The van der Waals surface area contributed by atoms with Gasteiger partial charge in [-0.1, -0.05) is 12.1 Å². The lowest BCUT2D eigenvalue weighted by Gasteiger charge is -2.39. The Kier molecular flexibility index (Phi) is 5.26. The molecule has 0 unspecified atom stereocenters. The Balaban J connectivity index is 1.78. The summed E-state index contributed by atoms with van der Waals surface area (Å²) >= 11 is 0. The number of fused-ring (bicyclic) bond motifs is 1. The maximum Gasteiger partial charge on any atom is 0.416 e. The number of nitrogens with zero attached hydrogens (tertiary/aromatic N) is 2. The number of methoxy groups -OCH3 is 1. The van der Waals surface area contributed by atoms with Gasteiger partial charge in [0.1, 0.15) is 17.0 Å². The molecule has 0 radical (unpaired) electrons. The number of carbonyl (C=O) groups is 1. The van der Waals surface area contributed by atoms with E-state index in [0.29, 0.717) is 22.9 Å². The van der Waals surface area contributed by atoms with Crippen LogP contribution in [0, 0.1) is 0 Å². The predicted octanol–water partition coefficient (Wildman–Crippen LogP) is 3.96. The summed E-state index contributed by atoms with van der Waals surface area (Å²) in [7, 11) is 1.46. The number of hydrogen-bond acceptors (Lipinski definition) is 5. The summed E-state index contributed by atoms with van der Waals surface area (Å²) in [5.74, 6) is 0.363. The Bertz CT molecular complexity index is 1090. The molecule has 6 nitrogen and oxygen atoms in total. The summed E-state index contributed by atoms with van der Waals surface area (Å²) in [4.78, 5) is 21.5. The van der Waals surface area contributed by atoms with Gasteiger partial charge in [-0.2, -0.15) is 13.2 Å². The third-order valence-electron chi connectivity index (χ3n) is 5.15. The second kappa shape index (κ2) is 7.90. The number of pyridine rings is 2. The zero-order valence-electron chi connectivity index (χ0n) is 16.4. The van der Waals surface area contributed by atoms with Crippen LogP contribution in [0.3, 0.4) is 0 Å². The zero-order valence-corrected chi connectivity index (χ0v) is 16.4. The summed E-state index contributed by atoms with van der Waals surface area (Å²) < 4.78 is 49.9. The van der Waals surface area contributed by atoms with Crippen molar-refractivity contribution in [3.63, 3.8) is 0 Å². The number of amides is 1. The van der Waals surface area contributed by atoms with Gasteiger partial charge in [0.15, 0.2) is 0 Å². The minimum atomic E-state index is -4.46. The Morgan fingerprint density at radius 1 is 1.13 bits per heavy atom. The summed E-state index contributed by atoms with van der Waals surface area (Å²) in [5, 5.41) is 2.97. The average molecular weight is 429 g/mol. The zero-order chi connectivity index (χ0) is 22.1. The first-order valence-electron chi connectivity index (χ1n) is 9.42. The third kappa shape index (κ3) is 3.90. The molecular formula is C22H18F3N3O3. The van der Waals surface area contributed by atoms with Gasteiger partial charge in [-0.25, -0.2) is 4.98 Å². The van der Waals surface area contributed by atoms with Crippen molar-refractivity contribution in [3.8, 4) is 11.6 Å². The van der Waals surface area contributed by atoms with E-state index in [1.165, 1.54) is 25.4 Å². The Labute approximate surface area is 176 Å². The molecule has 3 aromatic rings. The molecule has 0 fully saturated rings. The molecule has 2 aromatic heterocycles. The number of alkyl halides is 3. The molecule has 1 aromatic carbocycles. The van der Waals surface area contributed by atoms with Crippen LogP contribution in [-0.4, -0.2) is 29.6 Å². The van der Waals surface area contributed by atoms with E-state index in [2.05, 4.69) is 15.3 Å². The molecule has 9 heteroatoms. The van der Waals surface area contributed by atoms with Crippen molar-refractivity contribution in [3.05, 3.63) is 83.3 Å². The molecule has 0 saturated carbocycles. The van der Waals surface area contributed by atoms with Gasteiger partial charge in [-0.3, -0.25) is 9.78 Å². The molecule has 0 aliphatic carbocycles. The summed E-state index contributed by atoms with van der Waals surface area (Å²) in [6.45, 7) is 0.251. The van der Waals surface area contributed by atoms with Crippen LogP contribution in [0.2, 0.25) is 0 Å². The van der Waals surface area contributed by atoms with Crippen molar-refractivity contribution >= 4 is 5.91 Å². The van der Waals surface area contributed by atoms with Gasteiger partial charge < -0.3 is 14.8 Å². The SMILES string of the molecule is COc1ccc(C(=O)N[C@]2(c3ccc(C(F)(F)F)cc3)CCOc3cccnc32)cn1. The number of ether oxygens (including phenoxy) is 2. The fourth-order valence-electron chi connectivity index (χ4n) is 3.58. The van der Waals surface area contributed by atoms with Crippen LogP contribution in [0.25, 0.3) is 0 Å². The molecule has 1 aliphatic heterocycles. The number of benzene rings is 1. The van der Waals surface area contributed by atoms with E-state index in [0.717, 1.165) is 12.1 Å². The molecule has 1 N–H and O–H groups in total. The maximum absolute atomic E-state index is 13.1. The van der Waals surface area contributed by atoms with E-state index >= 15 is 0 Å². The highest BCUT2D eigenvalue weighted by Gasteiger charge is 2.43. The third-order valence-corrected chi connectivity index (χ3v) is 5.15. The van der Waals surface area contributed by atoms with Crippen molar-refractivity contribution in [2.24, 2.45) is 0 Å². The monoisotopic (exact) mass is 429 g/mol. The molecule has 0 bridgehead atoms. The van der Waals surface area contributed by atoms with Crippen molar-refractivity contribution in [1.29, 1.82) is 0 Å². The topological polar surface area (TPSA) is 73.3 Å². The smallest absolute Gasteiger partial charge is 0.416 e. The summed E-state index contributed by atoms with van der Waals surface area (Å²) in [6, 6.07) is 11.2. The summed E-state index contributed by atoms with van der Waals surface area (Å²) in [6.07, 6.45) is -1.26. The van der Waals surface area contributed by atoms with Crippen LogP contribution in [0.1, 0.15) is 33.6 Å². The number of nitrogens with one attached hydrogen (secondary N) is 1. The van der Waals surface area contributed by atoms with E-state index in [1.807, 2.05) is 0 Å². The molecule has 0 spiro atoms. The number of aromatic nitrogens is 2.